The van der Waals surface area contributed by atoms with Gasteiger partial charge in [0.25, 0.3) is 11.7 Å². The molecule has 0 spiro atoms. The number of Topliss-reactive ketones (excluding diaryl/α,β-unsaturated/α-hetero) is 1. The van der Waals surface area contributed by atoms with Crippen molar-refractivity contribution in [2.75, 3.05) is 4.90 Å². The van der Waals surface area contributed by atoms with E-state index in [1.165, 1.54) is 11.0 Å². The summed E-state index contributed by atoms with van der Waals surface area (Å²) in [5, 5.41) is 20.6. The van der Waals surface area contributed by atoms with Crippen LogP contribution in [0.3, 0.4) is 0 Å². The molecule has 0 radical (unpaired) electrons. The van der Waals surface area contributed by atoms with E-state index >= 15 is 0 Å². The second-order valence-electron chi connectivity index (χ2n) is 7.13. The monoisotopic (exact) mass is 382 g/mol. The maximum atomic E-state index is 12.8. The van der Waals surface area contributed by atoms with E-state index in [9.17, 15) is 20.0 Å². The lowest BCUT2D eigenvalue weighted by atomic mass is 9.85. The molecule has 2 aliphatic rings. The number of benzene rings is 2. The van der Waals surface area contributed by atoms with Gasteiger partial charge in [-0.05, 0) is 50.2 Å². The summed E-state index contributed by atoms with van der Waals surface area (Å²) >= 11 is 5.98. The average molecular weight is 383 g/mol. The molecule has 2 atom stereocenters. The highest BCUT2D eigenvalue weighted by Crippen LogP contribution is 2.47. The van der Waals surface area contributed by atoms with Crippen molar-refractivity contribution in [1.29, 1.82) is 5.26 Å². The van der Waals surface area contributed by atoms with Crippen molar-refractivity contribution in [1.82, 2.24) is 0 Å². The van der Waals surface area contributed by atoms with Gasteiger partial charge in [-0.25, -0.2) is 0 Å². The lowest BCUT2D eigenvalue weighted by molar-refractivity contribution is -0.117. The SMILES string of the molecule is CC1(C)Oc2ccc(C#N)cc2[C@H](N2C(=O)C(=O)c3cc(Cl)ccc32)[C@H]1O. The molecule has 1 N–H and O–H groups in total. The molecule has 2 aliphatic heterocycles. The van der Waals surface area contributed by atoms with Crippen LogP contribution < -0.4 is 9.64 Å². The number of halogens is 1. The Labute approximate surface area is 160 Å². The molecule has 1 amide bonds. The van der Waals surface area contributed by atoms with Gasteiger partial charge in [0.05, 0.1) is 28.9 Å². The molecule has 4 rings (SSSR count). The molecule has 7 heteroatoms. The van der Waals surface area contributed by atoms with Crippen molar-refractivity contribution in [3.63, 3.8) is 0 Å². The van der Waals surface area contributed by atoms with E-state index in [2.05, 4.69) is 0 Å². The van der Waals surface area contributed by atoms with Gasteiger partial charge in [0.1, 0.15) is 17.5 Å². The number of fused-ring (bicyclic) bond motifs is 2. The van der Waals surface area contributed by atoms with Crippen LogP contribution in [0.5, 0.6) is 5.75 Å². The van der Waals surface area contributed by atoms with Crippen molar-refractivity contribution in [3.8, 4) is 11.8 Å². The summed E-state index contributed by atoms with van der Waals surface area (Å²) in [6.07, 6.45) is -1.13. The normalized spacial score (nSPS) is 22.7. The van der Waals surface area contributed by atoms with Crippen LogP contribution >= 0.6 is 11.6 Å². The molecule has 2 aromatic rings. The van der Waals surface area contributed by atoms with Crippen molar-refractivity contribution in [2.24, 2.45) is 0 Å². The fraction of sp³-hybridized carbons (Fsp3) is 0.250. The van der Waals surface area contributed by atoms with Gasteiger partial charge in [0.2, 0.25) is 0 Å². The minimum atomic E-state index is -1.13. The van der Waals surface area contributed by atoms with Crippen LogP contribution in [0, 0.1) is 11.3 Å². The van der Waals surface area contributed by atoms with E-state index in [1.807, 2.05) is 6.07 Å². The molecule has 0 bridgehead atoms. The van der Waals surface area contributed by atoms with Gasteiger partial charge in [0, 0.05) is 10.6 Å². The average Bonchev–Trinajstić information content (AvgIpc) is 2.87. The fourth-order valence-corrected chi connectivity index (χ4v) is 3.80. The van der Waals surface area contributed by atoms with E-state index in [-0.39, 0.29) is 5.56 Å². The number of carbonyl (C=O) groups excluding carboxylic acids is 2. The number of ether oxygens (including phenoxy) is 1. The lowest BCUT2D eigenvalue weighted by Crippen LogP contribution is -2.54. The molecule has 0 fully saturated rings. The fourth-order valence-electron chi connectivity index (χ4n) is 3.63. The molecule has 2 heterocycles. The van der Waals surface area contributed by atoms with Crippen LogP contribution in [-0.2, 0) is 4.79 Å². The second-order valence-corrected chi connectivity index (χ2v) is 7.56. The van der Waals surface area contributed by atoms with E-state index in [1.54, 1.807) is 44.2 Å². The van der Waals surface area contributed by atoms with Crippen LogP contribution in [0.4, 0.5) is 5.69 Å². The Hall–Kier alpha value is -2.88. The zero-order valence-electron chi connectivity index (χ0n) is 14.6. The molecule has 0 aromatic heterocycles. The van der Waals surface area contributed by atoms with Gasteiger partial charge in [-0.1, -0.05) is 11.6 Å². The molecule has 6 nitrogen and oxygen atoms in total. The van der Waals surface area contributed by atoms with Crippen molar-refractivity contribution in [3.05, 3.63) is 58.1 Å². The lowest BCUT2D eigenvalue weighted by Gasteiger charge is -2.45. The Balaban J connectivity index is 1.95. The van der Waals surface area contributed by atoms with Gasteiger partial charge >= 0.3 is 0 Å². The molecule has 27 heavy (non-hydrogen) atoms. The van der Waals surface area contributed by atoms with Gasteiger partial charge in [-0.2, -0.15) is 5.26 Å². The third-order valence-corrected chi connectivity index (χ3v) is 5.23. The summed E-state index contributed by atoms with van der Waals surface area (Å²) in [5.74, 6) is -0.971. The van der Waals surface area contributed by atoms with E-state index < -0.39 is 29.4 Å². The first kappa shape index (κ1) is 17.5. The Morgan fingerprint density at radius 1 is 1.22 bits per heavy atom. The zero-order chi connectivity index (χ0) is 19.5. The molecule has 0 unspecified atom stereocenters. The summed E-state index contributed by atoms with van der Waals surface area (Å²) in [6, 6.07) is 10.6. The largest absolute Gasteiger partial charge is 0.485 e. The number of hydrogen-bond donors (Lipinski definition) is 1. The van der Waals surface area contributed by atoms with Crippen molar-refractivity contribution < 1.29 is 19.4 Å². The molecule has 0 aliphatic carbocycles. The van der Waals surface area contributed by atoms with Gasteiger partial charge < -0.3 is 9.84 Å². The van der Waals surface area contributed by atoms with Crippen LogP contribution in [0.2, 0.25) is 5.02 Å². The van der Waals surface area contributed by atoms with Crippen LogP contribution in [0.25, 0.3) is 0 Å². The molecular weight excluding hydrogens is 368 g/mol. The quantitative estimate of drug-likeness (QED) is 0.765. The Kier molecular flexibility index (Phi) is 3.77. The summed E-state index contributed by atoms with van der Waals surface area (Å²) in [6.45, 7) is 3.41. The highest BCUT2D eigenvalue weighted by atomic mass is 35.5. The topological polar surface area (TPSA) is 90.6 Å². The summed E-state index contributed by atoms with van der Waals surface area (Å²) in [7, 11) is 0. The standard InChI is InChI=1S/C20H15ClN2O4/c1-20(2)18(25)16(13-7-10(9-22)3-6-15(13)27-20)23-14-5-4-11(21)8-12(14)17(24)19(23)26/h3-8,16,18,25H,1-2H3/t16-,18+/m0/s1. The molecule has 0 saturated heterocycles. The van der Waals surface area contributed by atoms with E-state index in [0.29, 0.717) is 27.6 Å². The minimum Gasteiger partial charge on any atom is -0.485 e. The zero-order valence-corrected chi connectivity index (χ0v) is 15.3. The number of aliphatic hydroxyl groups is 1. The van der Waals surface area contributed by atoms with E-state index in [0.717, 1.165) is 0 Å². The highest BCUT2D eigenvalue weighted by molar-refractivity contribution is 6.52. The second kappa shape index (κ2) is 5.81. The molecule has 0 saturated carbocycles. The Morgan fingerprint density at radius 3 is 2.67 bits per heavy atom. The van der Waals surface area contributed by atoms with Crippen LogP contribution in [0.1, 0.15) is 41.4 Å². The number of amides is 1. The maximum absolute atomic E-state index is 12.8. The van der Waals surface area contributed by atoms with Gasteiger partial charge in [-0.15, -0.1) is 0 Å². The van der Waals surface area contributed by atoms with Crippen molar-refractivity contribution in [2.45, 2.75) is 31.6 Å². The number of nitrogens with zero attached hydrogens (tertiary/aromatic N) is 2. The minimum absolute atomic E-state index is 0.196. The number of carbonyl (C=O) groups is 2. The molecule has 2 aromatic carbocycles. The first-order chi connectivity index (χ1) is 12.7. The summed E-state index contributed by atoms with van der Waals surface area (Å²) in [4.78, 5) is 26.6. The highest BCUT2D eigenvalue weighted by Gasteiger charge is 2.51. The number of ketones is 1. The number of aliphatic hydroxyl groups excluding tert-OH is 1. The summed E-state index contributed by atoms with van der Waals surface area (Å²) in [5.41, 5.74) is 0.407. The number of rotatable bonds is 1. The Morgan fingerprint density at radius 2 is 1.96 bits per heavy atom. The number of anilines is 1. The van der Waals surface area contributed by atoms with E-state index in [4.69, 9.17) is 16.3 Å². The smallest absolute Gasteiger partial charge is 0.300 e. The van der Waals surface area contributed by atoms with Crippen LogP contribution in [-0.4, -0.2) is 28.5 Å². The predicted octanol–water partition coefficient (Wildman–Crippen LogP) is 3.01. The first-order valence-electron chi connectivity index (χ1n) is 8.33. The predicted molar refractivity (Wildman–Crippen MR) is 97.9 cm³/mol. The van der Waals surface area contributed by atoms with Crippen molar-refractivity contribution >= 4 is 29.0 Å². The number of nitriles is 1. The molecular formula is C20H15ClN2O4. The third-order valence-electron chi connectivity index (χ3n) is 5.00. The maximum Gasteiger partial charge on any atom is 0.300 e. The first-order valence-corrected chi connectivity index (χ1v) is 8.71. The number of hydrogen-bond acceptors (Lipinski definition) is 5. The van der Waals surface area contributed by atoms with Crippen LogP contribution in [0.15, 0.2) is 36.4 Å². The summed E-state index contributed by atoms with van der Waals surface area (Å²) < 4.78 is 5.89. The van der Waals surface area contributed by atoms with Gasteiger partial charge in [0.15, 0.2) is 0 Å². The third kappa shape index (κ3) is 2.51. The molecule has 136 valence electrons. The Bertz CT molecular complexity index is 1040. The van der Waals surface area contributed by atoms with Gasteiger partial charge in [-0.3, -0.25) is 14.5 Å².